The van der Waals surface area contributed by atoms with E-state index in [4.69, 9.17) is 15.4 Å². The summed E-state index contributed by atoms with van der Waals surface area (Å²) in [5, 5.41) is 10.9. The second kappa shape index (κ2) is 5.19. The predicted octanol–water partition coefficient (Wildman–Crippen LogP) is 2.68. The maximum absolute atomic E-state index is 11.3. The van der Waals surface area contributed by atoms with Crippen LogP contribution < -0.4 is 4.74 Å². The lowest BCUT2D eigenvalue weighted by Gasteiger charge is -2.09. The molecule has 0 aliphatic rings. The number of ether oxygens (including phenoxy) is 1. The van der Waals surface area contributed by atoms with Gasteiger partial charge in [-0.2, -0.15) is 0 Å². The zero-order valence-electron chi connectivity index (χ0n) is 8.51. The molecular weight excluding hydrogens is 338 g/mol. The van der Waals surface area contributed by atoms with E-state index in [1.807, 2.05) is 0 Å². The lowest BCUT2D eigenvalue weighted by Crippen LogP contribution is -2.04. The second-order valence-corrected chi connectivity index (χ2v) is 6.24. The maximum Gasteiger partial charge on any atom is 0.326 e. The molecule has 0 heterocycles. The van der Waals surface area contributed by atoms with E-state index in [1.165, 1.54) is 6.07 Å². The van der Waals surface area contributed by atoms with Gasteiger partial charge in [-0.05, 0) is 35.0 Å². The van der Waals surface area contributed by atoms with Crippen LogP contribution in [0.4, 0.5) is 5.69 Å². The van der Waals surface area contributed by atoms with Crippen molar-refractivity contribution in [3.8, 4) is 5.75 Å². The Kier molecular flexibility index (Phi) is 4.34. The number of nitro benzene ring substituents is 1. The summed E-state index contributed by atoms with van der Waals surface area (Å²) in [5.74, 6) is -0.359. The fraction of sp³-hybridized carbons (Fsp3) is 0.250. The molecule has 0 amide bonds. The Morgan fingerprint density at radius 2 is 2.12 bits per heavy atom. The molecule has 0 spiro atoms. The first-order valence-corrected chi connectivity index (χ1v) is 7.43. The highest BCUT2D eigenvalue weighted by Gasteiger charge is 2.28. The molecule has 0 bridgehead atoms. The molecule has 0 unspecified atom stereocenters. The molecule has 0 saturated heterocycles. The van der Waals surface area contributed by atoms with Crippen molar-refractivity contribution in [1.29, 1.82) is 0 Å². The van der Waals surface area contributed by atoms with Crippen LogP contribution in [-0.2, 0) is 9.05 Å². The maximum atomic E-state index is 11.3. The molecular formula is C8H7BrClNO5S. The number of hydrogen-bond donors (Lipinski definition) is 0. The van der Waals surface area contributed by atoms with Gasteiger partial charge in [-0.15, -0.1) is 0 Å². The average molecular weight is 345 g/mol. The van der Waals surface area contributed by atoms with E-state index in [0.29, 0.717) is 0 Å². The first kappa shape index (κ1) is 14.2. The highest BCUT2D eigenvalue weighted by atomic mass is 79.9. The predicted molar refractivity (Wildman–Crippen MR) is 65.0 cm³/mol. The highest BCUT2D eigenvalue weighted by molar-refractivity contribution is 9.10. The summed E-state index contributed by atoms with van der Waals surface area (Å²) in [6.45, 7) is 1.66. The van der Waals surface area contributed by atoms with Crippen molar-refractivity contribution in [3.05, 3.63) is 26.7 Å². The molecule has 1 aromatic rings. The smallest absolute Gasteiger partial charge is 0.326 e. The number of nitro groups is 1. The summed E-state index contributed by atoms with van der Waals surface area (Å²) >= 11 is 2.96. The van der Waals surface area contributed by atoms with Gasteiger partial charge in [0.1, 0.15) is 4.90 Å². The number of benzene rings is 1. The average Bonchev–Trinajstić information content (AvgIpc) is 2.15. The first-order chi connectivity index (χ1) is 7.79. The summed E-state index contributed by atoms with van der Waals surface area (Å²) in [7, 11) is 1.08. The topological polar surface area (TPSA) is 86.5 Å². The molecule has 94 valence electrons. The van der Waals surface area contributed by atoms with Crippen molar-refractivity contribution in [1.82, 2.24) is 0 Å². The molecule has 17 heavy (non-hydrogen) atoms. The zero-order valence-corrected chi connectivity index (χ0v) is 11.7. The Morgan fingerprint density at radius 1 is 1.53 bits per heavy atom. The Hall–Kier alpha value is -0.860. The molecule has 0 saturated carbocycles. The van der Waals surface area contributed by atoms with Crippen LogP contribution in [-0.4, -0.2) is 19.9 Å². The fourth-order valence-corrected chi connectivity index (χ4v) is 2.60. The Bertz CT molecular complexity index is 559. The third-order valence-electron chi connectivity index (χ3n) is 1.78. The fourth-order valence-electron chi connectivity index (χ4n) is 1.17. The monoisotopic (exact) mass is 343 g/mol. The van der Waals surface area contributed by atoms with Gasteiger partial charge in [-0.1, -0.05) is 0 Å². The summed E-state index contributed by atoms with van der Waals surface area (Å²) in [4.78, 5) is 9.70. The van der Waals surface area contributed by atoms with Gasteiger partial charge in [0.25, 0.3) is 9.05 Å². The van der Waals surface area contributed by atoms with E-state index in [0.717, 1.165) is 6.07 Å². The summed E-state index contributed by atoms with van der Waals surface area (Å²) < 4.78 is 27.6. The summed E-state index contributed by atoms with van der Waals surface area (Å²) in [6.07, 6.45) is 0. The standard InChI is InChI=1S/C8H7BrClNO5S/c1-2-16-8-6(17(10,14)15)4-3-5(9)7(8)11(12)13/h3-4H,2H2,1H3. The van der Waals surface area contributed by atoms with Gasteiger partial charge >= 0.3 is 5.69 Å². The van der Waals surface area contributed by atoms with E-state index >= 15 is 0 Å². The van der Waals surface area contributed by atoms with E-state index in [-0.39, 0.29) is 16.8 Å². The Labute approximate surface area is 110 Å². The summed E-state index contributed by atoms with van der Waals surface area (Å²) in [5.41, 5.74) is -0.464. The molecule has 0 radical (unpaired) electrons. The van der Waals surface area contributed by atoms with Crippen molar-refractivity contribution in [2.45, 2.75) is 11.8 Å². The van der Waals surface area contributed by atoms with Crippen LogP contribution in [0, 0.1) is 10.1 Å². The van der Waals surface area contributed by atoms with Crippen LogP contribution in [0.1, 0.15) is 6.92 Å². The molecule has 1 rings (SSSR count). The van der Waals surface area contributed by atoms with Gasteiger partial charge in [-0.3, -0.25) is 10.1 Å². The van der Waals surface area contributed by atoms with Gasteiger partial charge in [0.15, 0.2) is 0 Å². The number of rotatable bonds is 4. The van der Waals surface area contributed by atoms with E-state index < -0.39 is 24.6 Å². The van der Waals surface area contributed by atoms with Crippen molar-refractivity contribution in [2.24, 2.45) is 0 Å². The van der Waals surface area contributed by atoms with Gasteiger partial charge in [-0.25, -0.2) is 8.42 Å². The first-order valence-electron chi connectivity index (χ1n) is 4.33. The van der Waals surface area contributed by atoms with E-state index in [2.05, 4.69) is 15.9 Å². The van der Waals surface area contributed by atoms with Crippen LogP contribution >= 0.6 is 26.6 Å². The van der Waals surface area contributed by atoms with Crippen LogP contribution in [0.2, 0.25) is 0 Å². The molecule has 0 atom stereocenters. The normalized spacial score (nSPS) is 11.2. The van der Waals surface area contributed by atoms with Crippen molar-refractivity contribution < 1.29 is 18.1 Å². The van der Waals surface area contributed by atoms with Gasteiger partial charge < -0.3 is 4.74 Å². The van der Waals surface area contributed by atoms with Crippen LogP contribution in [0.25, 0.3) is 0 Å². The van der Waals surface area contributed by atoms with Gasteiger partial charge in [0, 0.05) is 10.7 Å². The minimum atomic E-state index is -4.11. The van der Waals surface area contributed by atoms with Crippen LogP contribution in [0.15, 0.2) is 21.5 Å². The number of halogens is 2. The Balaban J connectivity index is 3.65. The van der Waals surface area contributed by atoms with Crippen LogP contribution in [0.3, 0.4) is 0 Å². The lowest BCUT2D eigenvalue weighted by molar-refractivity contribution is -0.386. The largest absolute Gasteiger partial charge is 0.486 e. The Morgan fingerprint density at radius 3 is 2.53 bits per heavy atom. The lowest BCUT2D eigenvalue weighted by atomic mass is 10.3. The quantitative estimate of drug-likeness (QED) is 0.476. The molecule has 0 aliphatic heterocycles. The minimum absolute atomic E-state index is 0.0801. The van der Waals surface area contributed by atoms with Crippen molar-refractivity contribution >= 4 is 41.4 Å². The SMILES string of the molecule is CCOc1c(S(=O)(=O)Cl)ccc(Br)c1[N+](=O)[O-]. The number of nitrogens with zero attached hydrogens (tertiary/aromatic N) is 1. The molecule has 0 aromatic heterocycles. The molecule has 0 N–H and O–H groups in total. The zero-order chi connectivity index (χ0) is 13.2. The summed E-state index contributed by atoms with van der Waals surface area (Å²) in [6, 6.07) is 2.38. The van der Waals surface area contributed by atoms with E-state index in [9.17, 15) is 18.5 Å². The second-order valence-electron chi connectivity index (χ2n) is 2.85. The van der Waals surface area contributed by atoms with Gasteiger partial charge in [0.05, 0.1) is 16.0 Å². The third kappa shape index (κ3) is 3.08. The molecule has 1 aromatic carbocycles. The number of hydrogen-bond acceptors (Lipinski definition) is 5. The molecule has 0 fully saturated rings. The van der Waals surface area contributed by atoms with Gasteiger partial charge in [0.2, 0.25) is 5.75 Å². The van der Waals surface area contributed by atoms with E-state index in [1.54, 1.807) is 6.92 Å². The minimum Gasteiger partial charge on any atom is -0.486 e. The van der Waals surface area contributed by atoms with Crippen molar-refractivity contribution in [2.75, 3.05) is 6.61 Å². The third-order valence-corrected chi connectivity index (χ3v) is 3.77. The molecule has 9 heteroatoms. The van der Waals surface area contributed by atoms with Crippen LogP contribution in [0.5, 0.6) is 5.75 Å². The van der Waals surface area contributed by atoms with Crippen molar-refractivity contribution in [3.63, 3.8) is 0 Å². The molecule has 0 aliphatic carbocycles. The highest BCUT2D eigenvalue weighted by Crippen LogP contribution is 2.40. The molecule has 6 nitrogen and oxygen atoms in total.